The molecule has 2 rings (SSSR count). The molecule has 0 heterocycles. The second kappa shape index (κ2) is 6.05. The first-order chi connectivity index (χ1) is 9.83. The lowest BCUT2D eigenvalue weighted by atomic mass is 9.96. The average Bonchev–Trinajstić information content (AvgIpc) is 3.22. The van der Waals surface area contributed by atoms with Crippen molar-refractivity contribution >= 4 is 27.9 Å². The maximum absolute atomic E-state index is 12.2. The first-order valence-corrected chi connectivity index (χ1v) is 7.63. The SMILES string of the molecule is CN(Cc1cccc(Br)c1)C(=O)NC(C)(C(=O)O)C1CC1. The van der Waals surface area contributed by atoms with Crippen LogP contribution < -0.4 is 5.32 Å². The van der Waals surface area contributed by atoms with Crippen LogP contribution in [0.15, 0.2) is 28.7 Å². The number of rotatable bonds is 5. The lowest BCUT2D eigenvalue weighted by Gasteiger charge is -2.29. The van der Waals surface area contributed by atoms with Crippen LogP contribution in [0.2, 0.25) is 0 Å². The molecule has 0 aliphatic heterocycles. The molecule has 1 atom stereocenters. The molecule has 0 spiro atoms. The molecule has 1 unspecified atom stereocenters. The Morgan fingerprint density at radius 2 is 2.14 bits per heavy atom. The van der Waals surface area contributed by atoms with E-state index in [9.17, 15) is 14.7 Å². The van der Waals surface area contributed by atoms with Crippen molar-refractivity contribution in [1.29, 1.82) is 0 Å². The van der Waals surface area contributed by atoms with Crippen molar-refractivity contribution in [3.05, 3.63) is 34.3 Å². The molecule has 1 fully saturated rings. The molecule has 0 saturated heterocycles. The summed E-state index contributed by atoms with van der Waals surface area (Å²) < 4.78 is 0.946. The van der Waals surface area contributed by atoms with E-state index < -0.39 is 11.5 Å². The van der Waals surface area contributed by atoms with Gasteiger partial charge in [-0.05, 0) is 43.4 Å². The van der Waals surface area contributed by atoms with E-state index in [2.05, 4.69) is 21.2 Å². The fourth-order valence-corrected chi connectivity index (χ4v) is 2.74. The summed E-state index contributed by atoms with van der Waals surface area (Å²) in [6.07, 6.45) is 1.69. The predicted octanol–water partition coefficient (Wildman–Crippen LogP) is 2.84. The molecule has 0 radical (unpaired) electrons. The molecule has 114 valence electrons. The van der Waals surface area contributed by atoms with Crippen LogP contribution >= 0.6 is 15.9 Å². The van der Waals surface area contributed by atoms with Crippen LogP contribution in [0.25, 0.3) is 0 Å². The van der Waals surface area contributed by atoms with E-state index in [4.69, 9.17) is 0 Å². The number of nitrogens with zero attached hydrogens (tertiary/aromatic N) is 1. The van der Waals surface area contributed by atoms with E-state index in [1.807, 2.05) is 24.3 Å². The normalized spacial score (nSPS) is 16.9. The smallest absolute Gasteiger partial charge is 0.329 e. The standard InChI is InChI=1S/C15H19BrN2O3/c1-15(13(19)20,11-6-7-11)17-14(21)18(2)9-10-4-3-5-12(16)8-10/h3-5,8,11H,6-7,9H2,1-2H3,(H,17,21)(H,19,20). The van der Waals surface area contributed by atoms with Crippen molar-refractivity contribution in [2.45, 2.75) is 31.8 Å². The van der Waals surface area contributed by atoms with E-state index in [1.165, 1.54) is 4.90 Å². The highest BCUT2D eigenvalue weighted by molar-refractivity contribution is 9.10. The Labute approximate surface area is 132 Å². The number of carbonyl (C=O) groups excluding carboxylic acids is 1. The van der Waals surface area contributed by atoms with Gasteiger partial charge in [-0.25, -0.2) is 9.59 Å². The molecule has 1 aliphatic rings. The number of hydrogen-bond donors (Lipinski definition) is 2. The van der Waals surface area contributed by atoms with Crippen LogP contribution in [0.5, 0.6) is 0 Å². The summed E-state index contributed by atoms with van der Waals surface area (Å²) in [6, 6.07) is 7.30. The summed E-state index contributed by atoms with van der Waals surface area (Å²) >= 11 is 3.39. The predicted molar refractivity (Wildman–Crippen MR) is 82.9 cm³/mol. The third kappa shape index (κ3) is 3.75. The van der Waals surface area contributed by atoms with E-state index in [1.54, 1.807) is 14.0 Å². The quantitative estimate of drug-likeness (QED) is 0.853. The molecular weight excluding hydrogens is 336 g/mol. The minimum absolute atomic E-state index is 0.0261. The number of carboxylic acid groups (broad SMARTS) is 1. The first kappa shape index (κ1) is 15.8. The minimum Gasteiger partial charge on any atom is -0.480 e. The van der Waals surface area contributed by atoms with Gasteiger partial charge in [-0.15, -0.1) is 0 Å². The van der Waals surface area contributed by atoms with Gasteiger partial charge in [0.25, 0.3) is 0 Å². The van der Waals surface area contributed by atoms with E-state index in [0.29, 0.717) is 6.54 Å². The Bertz CT molecular complexity index is 560. The van der Waals surface area contributed by atoms with Gasteiger partial charge in [0, 0.05) is 18.1 Å². The molecule has 2 amide bonds. The van der Waals surface area contributed by atoms with Gasteiger partial charge < -0.3 is 15.3 Å². The number of amides is 2. The minimum atomic E-state index is -1.18. The van der Waals surface area contributed by atoms with Crippen molar-refractivity contribution in [2.75, 3.05) is 7.05 Å². The first-order valence-electron chi connectivity index (χ1n) is 6.84. The van der Waals surface area contributed by atoms with Crippen LogP contribution in [0.1, 0.15) is 25.3 Å². The number of halogens is 1. The van der Waals surface area contributed by atoms with Crippen molar-refractivity contribution < 1.29 is 14.7 Å². The number of benzene rings is 1. The summed E-state index contributed by atoms with van der Waals surface area (Å²) in [5.41, 5.74) is -0.201. The van der Waals surface area contributed by atoms with Crippen LogP contribution in [0, 0.1) is 5.92 Å². The summed E-state index contributed by atoms with van der Waals surface area (Å²) in [5.74, 6) is -0.951. The Morgan fingerprint density at radius 1 is 1.48 bits per heavy atom. The largest absolute Gasteiger partial charge is 0.480 e. The maximum Gasteiger partial charge on any atom is 0.329 e. The van der Waals surface area contributed by atoms with Gasteiger partial charge in [-0.3, -0.25) is 0 Å². The number of carbonyl (C=O) groups is 2. The molecule has 0 bridgehead atoms. The van der Waals surface area contributed by atoms with Crippen molar-refractivity contribution in [1.82, 2.24) is 10.2 Å². The van der Waals surface area contributed by atoms with E-state index in [0.717, 1.165) is 22.9 Å². The maximum atomic E-state index is 12.2. The van der Waals surface area contributed by atoms with Crippen LogP contribution in [-0.4, -0.2) is 34.6 Å². The Balaban J connectivity index is 2.00. The number of nitrogens with one attached hydrogen (secondary N) is 1. The third-order valence-electron chi connectivity index (χ3n) is 3.86. The van der Waals surface area contributed by atoms with Gasteiger partial charge in [0.05, 0.1) is 0 Å². The Hall–Kier alpha value is -1.56. The Kier molecular flexibility index (Phi) is 4.56. The summed E-state index contributed by atoms with van der Waals surface area (Å²) in [5, 5.41) is 12.0. The Morgan fingerprint density at radius 3 is 2.67 bits per heavy atom. The fraction of sp³-hybridized carbons (Fsp3) is 0.467. The van der Waals surface area contributed by atoms with Crippen LogP contribution in [-0.2, 0) is 11.3 Å². The molecule has 0 aromatic heterocycles. The highest BCUT2D eigenvalue weighted by Gasteiger charge is 2.48. The lowest BCUT2D eigenvalue weighted by molar-refractivity contribution is -0.144. The number of aliphatic carboxylic acids is 1. The number of urea groups is 1. The number of carboxylic acids is 1. The third-order valence-corrected chi connectivity index (χ3v) is 4.35. The molecule has 1 aromatic carbocycles. The van der Waals surface area contributed by atoms with Gasteiger partial charge in [0.15, 0.2) is 0 Å². The average molecular weight is 355 g/mol. The molecule has 1 aromatic rings. The van der Waals surface area contributed by atoms with Gasteiger partial charge in [0.2, 0.25) is 0 Å². The van der Waals surface area contributed by atoms with Crippen LogP contribution in [0.4, 0.5) is 4.79 Å². The van der Waals surface area contributed by atoms with Gasteiger partial charge >= 0.3 is 12.0 Å². The highest BCUT2D eigenvalue weighted by Crippen LogP contribution is 2.39. The summed E-state index contributed by atoms with van der Waals surface area (Å²) in [4.78, 5) is 25.1. The molecule has 6 heteroatoms. The highest BCUT2D eigenvalue weighted by atomic mass is 79.9. The molecule has 2 N–H and O–H groups in total. The molecule has 5 nitrogen and oxygen atoms in total. The van der Waals surface area contributed by atoms with E-state index in [-0.39, 0.29) is 11.9 Å². The molecule has 1 aliphatic carbocycles. The van der Waals surface area contributed by atoms with Crippen molar-refractivity contribution in [3.63, 3.8) is 0 Å². The zero-order valence-electron chi connectivity index (χ0n) is 12.1. The molecule has 21 heavy (non-hydrogen) atoms. The zero-order valence-corrected chi connectivity index (χ0v) is 13.7. The van der Waals surface area contributed by atoms with Crippen molar-refractivity contribution in [2.24, 2.45) is 5.92 Å². The van der Waals surface area contributed by atoms with Gasteiger partial charge in [-0.2, -0.15) is 0 Å². The van der Waals surface area contributed by atoms with Crippen LogP contribution in [0.3, 0.4) is 0 Å². The van der Waals surface area contributed by atoms with Gasteiger partial charge in [-0.1, -0.05) is 28.1 Å². The summed E-state index contributed by atoms with van der Waals surface area (Å²) in [7, 11) is 1.66. The van der Waals surface area contributed by atoms with E-state index >= 15 is 0 Å². The van der Waals surface area contributed by atoms with Crippen molar-refractivity contribution in [3.8, 4) is 0 Å². The lowest BCUT2D eigenvalue weighted by Crippen LogP contribution is -2.56. The fourth-order valence-electron chi connectivity index (χ4n) is 2.29. The molecule has 1 saturated carbocycles. The molecular formula is C15H19BrN2O3. The zero-order chi connectivity index (χ0) is 15.6. The monoisotopic (exact) mass is 354 g/mol. The summed E-state index contributed by atoms with van der Waals surface area (Å²) in [6.45, 7) is 2.00. The second-order valence-corrected chi connectivity index (χ2v) is 6.61. The topological polar surface area (TPSA) is 69.6 Å². The second-order valence-electron chi connectivity index (χ2n) is 5.70. The van der Waals surface area contributed by atoms with Gasteiger partial charge in [0.1, 0.15) is 5.54 Å². The number of hydrogen-bond acceptors (Lipinski definition) is 2.